The summed E-state index contributed by atoms with van der Waals surface area (Å²) in [4.78, 5) is 39.0. The lowest BCUT2D eigenvalue weighted by molar-refractivity contribution is -0.200. The molecule has 10 nitrogen and oxygen atoms in total. The zero-order valence-corrected chi connectivity index (χ0v) is 23.0. The molecule has 1 saturated heterocycles. The molecule has 220 valence electrons. The summed E-state index contributed by atoms with van der Waals surface area (Å²) >= 11 is 0. The number of alkyl halides is 3. The number of aryl methyl sites for hydroxylation is 1. The Morgan fingerprint density at radius 2 is 1.64 bits per heavy atom. The molecule has 1 aliphatic heterocycles. The lowest BCUT2D eigenvalue weighted by Crippen LogP contribution is -2.49. The van der Waals surface area contributed by atoms with Gasteiger partial charge >= 0.3 is 24.4 Å². The standard InChI is InChI=1S/C26H38F3N3O7/c1-17(2)36-25(35)39-20(5)38-23(33)7-6-10-30-22-15-18(3)8-9-21(22)16-31-11-13-32(14-12-31)24(34)37-19(4)26(27,28)29/h8-9,15,17,19-20,30H,6-7,10-14,16H2,1-5H3. The van der Waals surface area contributed by atoms with Crippen LogP contribution in [0, 0.1) is 6.92 Å². The van der Waals surface area contributed by atoms with Crippen LogP contribution in [0.5, 0.6) is 0 Å². The highest BCUT2D eigenvalue weighted by molar-refractivity contribution is 5.70. The normalized spacial score (nSPS) is 15.9. The van der Waals surface area contributed by atoms with Gasteiger partial charge in [0, 0.05) is 58.3 Å². The Morgan fingerprint density at radius 3 is 2.26 bits per heavy atom. The molecule has 1 N–H and O–H groups in total. The highest BCUT2D eigenvalue weighted by Gasteiger charge is 2.40. The summed E-state index contributed by atoms with van der Waals surface area (Å²) in [6.07, 6.45) is -9.43. The molecular formula is C26H38F3N3O7. The van der Waals surface area contributed by atoms with E-state index in [0.717, 1.165) is 23.7 Å². The number of benzene rings is 1. The van der Waals surface area contributed by atoms with E-state index in [9.17, 15) is 27.6 Å². The van der Waals surface area contributed by atoms with Crippen LogP contribution in [0.3, 0.4) is 0 Å². The smallest absolute Gasteiger partial charge is 0.437 e. The zero-order valence-electron chi connectivity index (χ0n) is 23.0. The highest BCUT2D eigenvalue weighted by Crippen LogP contribution is 2.24. The number of piperazine rings is 1. The molecule has 2 unspecified atom stereocenters. The van der Waals surface area contributed by atoms with Gasteiger partial charge in [0.2, 0.25) is 6.29 Å². The first-order valence-electron chi connectivity index (χ1n) is 12.9. The molecule has 39 heavy (non-hydrogen) atoms. The molecule has 13 heteroatoms. The predicted octanol–water partition coefficient (Wildman–Crippen LogP) is 4.84. The van der Waals surface area contributed by atoms with E-state index in [0.29, 0.717) is 32.6 Å². The summed E-state index contributed by atoms with van der Waals surface area (Å²) in [6, 6.07) is 5.97. The Labute approximate surface area is 226 Å². The van der Waals surface area contributed by atoms with Crippen molar-refractivity contribution in [3.05, 3.63) is 29.3 Å². The van der Waals surface area contributed by atoms with Gasteiger partial charge in [0.1, 0.15) is 0 Å². The number of amides is 1. The van der Waals surface area contributed by atoms with Crippen molar-refractivity contribution in [2.75, 3.05) is 38.0 Å². The molecular weight excluding hydrogens is 523 g/mol. The monoisotopic (exact) mass is 561 g/mol. The van der Waals surface area contributed by atoms with Crippen LogP contribution in [0.2, 0.25) is 0 Å². The maximum absolute atomic E-state index is 12.7. The van der Waals surface area contributed by atoms with Crippen molar-refractivity contribution < 1.29 is 46.5 Å². The number of halogens is 3. The summed E-state index contributed by atoms with van der Waals surface area (Å²) < 4.78 is 57.3. The maximum atomic E-state index is 12.7. The van der Waals surface area contributed by atoms with Gasteiger partial charge in [0.25, 0.3) is 0 Å². The Kier molecular flexibility index (Phi) is 12.1. The largest absolute Gasteiger partial charge is 0.511 e. The van der Waals surface area contributed by atoms with Crippen LogP contribution in [-0.4, -0.2) is 85.4 Å². The third-order valence-corrected chi connectivity index (χ3v) is 5.79. The van der Waals surface area contributed by atoms with Crippen LogP contribution < -0.4 is 5.32 Å². The molecule has 1 fully saturated rings. The Balaban J connectivity index is 1.78. The third-order valence-electron chi connectivity index (χ3n) is 5.79. The first-order chi connectivity index (χ1) is 18.2. The summed E-state index contributed by atoms with van der Waals surface area (Å²) in [6.45, 7) is 10.1. The van der Waals surface area contributed by atoms with Gasteiger partial charge in [-0.25, -0.2) is 9.59 Å². The number of nitrogens with zero attached hydrogens (tertiary/aromatic N) is 2. The van der Waals surface area contributed by atoms with E-state index < -0.39 is 36.8 Å². The van der Waals surface area contributed by atoms with Gasteiger partial charge in [-0.05, 0) is 51.3 Å². The van der Waals surface area contributed by atoms with E-state index in [1.165, 1.54) is 11.8 Å². The SMILES string of the molecule is Cc1ccc(CN2CCN(C(=O)OC(C)C(F)(F)F)CC2)c(NCCCC(=O)OC(C)OC(=O)OC(C)C)c1. The molecule has 0 spiro atoms. The van der Waals surface area contributed by atoms with E-state index in [2.05, 4.69) is 15.0 Å². The van der Waals surface area contributed by atoms with Gasteiger partial charge < -0.3 is 29.2 Å². The number of anilines is 1. The number of hydrogen-bond acceptors (Lipinski definition) is 9. The molecule has 1 amide bonds. The van der Waals surface area contributed by atoms with Gasteiger partial charge in [0.15, 0.2) is 6.10 Å². The minimum atomic E-state index is -4.59. The van der Waals surface area contributed by atoms with Crippen molar-refractivity contribution in [1.29, 1.82) is 0 Å². The van der Waals surface area contributed by atoms with E-state index >= 15 is 0 Å². The quantitative estimate of drug-likeness (QED) is 0.176. The van der Waals surface area contributed by atoms with Gasteiger partial charge in [-0.1, -0.05) is 12.1 Å². The second-order valence-corrected chi connectivity index (χ2v) is 9.61. The highest BCUT2D eigenvalue weighted by atomic mass is 19.4. The molecule has 1 aliphatic rings. The number of rotatable bonds is 11. The van der Waals surface area contributed by atoms with Gasteiger partial charge in [-0.15, -0.1) is 0 Å². The van der Waals surface area contributed by atoms with E-state index in [-0.39, 0.29) is 25.6 Å². The van der Waals surface area contributed by atoms with Crippen molar-refractivity contribution in [1.82, 2.24) is 9.80 Å². The lowest BCUT2D eigenvalue weighted by Gasteiger charge is -2.35. The molecule has 2 rings (SSSR count). The van der Waals surface area contributed by atoms with Crippen molar-refractivity contribution in [3.8, 4) is 0 Å². The van der Waals surface area contributed by atoms with Gasteiger partial charge in [-0.3, -0.25) is 9.69 Å². The van der Waals surface area contributed by atoms with Crippen LogP contribution in [0.25, 0.3) is 0 Å². The molecule has 0 radical (unpaired) electrons. The number of nitrogens with one attached hydrogen (secondary N) is 1. The Morgan fingerprint density at radius 1 is 0.974 bits per heavy atom. The fraction of sp³-hybridized carbons (Fsp3) is 0.654. The first-order valence-corrected chi connectivity index (χ1v) is 12.9. The summed E-state index contributed by atoms with van der Waals surface area (Å²) in [5.41, 5.74) is 2.96. The van der Waals surface area contributed by atoms with Gasteiger partial charge in [0.05, 0.1) is 6.10 Å². The van der Waals surface area contributed by atoms with Crippen molar-refractivity contribution in [2.45, 2.75) is 78.7 Å². The molecule has 0 aromatic heterocycles. The summed E-state index contributed by atoms with van der Waals surface area (Å²) in [7, 11) is 0. The molecule has 2 atom stereocenters. The van der Waals surface area contributed by atoms with E-state index in [1.807, 2.05) is 25.1 Å². The minimum Gasteiger partial charge on any atom is -0.437 e. The lowest BCUT2D eigenvalue weighted by atomic mass is 10.1. The van der Waals surface area contributed by atoms with Crippen LogP contribution >= 0.6 is 0 Å². The second-order valence-electron chi connectivity index (χ2n) is 9.61. The maximum Gasteiger partial charge on any atom is 0.511 e. The van der Waals surface area contributed by atoms with Crippen molar-refractivity contribution >= 4 is 23.9 Å². The first kappa shape index (κ1) is 32.0. The van der Waals surface area contributed by atoms with Crippen molar-refractivity contribution in [2.24, 2.45) is 0 Å². The predicted molar refractivity (Wildman–Crippen MR) is 136 cm³/mol. The number of esters is 1. The summed E-state index contributed by atoms with van der Waals surface area (Å²) in [5, 5.41) is 3.34. The van der Waals surface area contributed by atoms with E-state index in [1.54, 1.807) is 13.8 Å². The fourth-order valence-corrected chi connectivity index (χ4v) is 3.69. The molecule has 0 bridgehead atoms. The fourth-order valence-electron chi connectivity index (χ4n) is 3.69. The average Bonchev–Trinajstić information content (AvgIpc) is 2.82. The van der Waals surface area contributed by atoms with Gasteiger partial charge in [-0.2, -0.15) is 13.2 Å². The third kappa shape index (κ3) is 11.6. The number of ether oxygens (including phenoxy) is 4. The molecule has 1 heterocycles. The molecule has 0 aliphatic carbocycles. The number of carbonyl (C=O) groups excluding carboxylic acids is 3. The van der Waals surface area contributed by atoms with Crippen LogP contribution in [0.1, 0.15) is 51.7 Å². The summed E-state index contributed by atoms with van der Waals surface area (Å²) in [5.74, 6) is -0.507. The number of carbonyl (C=O) groups is 3. The Bertz CT molecular complexity index is 967. The molecule has 1 aromatic carbocycles. The van der Waals surface area contributed by atoms with Crippen LogP contribution in [-0.2, 0) is 30.3 Å². The van der Waals surface area contributed by atoms with Crippen LogP contribution in [0.4, 0.5) is 28.4 Å². The molecule has 1 aromatic rings. The minimum absolute atomic E-state index is 0.117. The molecule has 0 saturated carbocycles. The van der Waals surface area contributed by atoms with Crippen LogP contribution in [0.15, 0.2) is 18.2 Å². The van der Waals surface area contributed by atoms with Crippen molar-refractivity contribution in [3.63, 3.8) is 0 Å². The topological polar surface area (TPSA) is 107 Å². The zero-order chi connectivity index (χ0) is 29.2. The average molecular weight is 562 g/mol. The Hall–Kier alpha value is -3.22. The number of hydrogen-bond donors (Lipinski definition) is 1. The van der Waals surface area contributed by atoms with E-state index in [4.69, 9.17) is 14.2 Å². The second kappa shape index (κ2) is 14.8.